The molecule has 0 aliphatic heterocycles. The van der Waals surface area contributed by atoms with E-state index in [1.165, 1.54) is 24.3 Å². The molecule has 0 bridgehead atoms. The summed E-state index contributed by atoms with van der Waals surface area (Å²) < 4.78 is 59.4. The molecule has 0 radical (unpaired) electrons. The average Bonchev–Trinajstić information content (AvgIpc) is 3.23. The van der Waals surface area contributed by atoms with Crippen molar-refractivity contribution in [2.75, 3.05) is 5.32 Å². The highest BCUT2D eigenvalue weighted by molar-refractivity contribution is 5.86. The van der Waals surface area contributed by atoms with Gasteiger partial charge >= 0.3 is 0 Å². The molecule has 0 saturated carbocycles. The van der Waals surface area contributed by atoms with E-state index in [9.17, 15) is 17.6 Å². The molecule has 0 amide bonds. The molecular weight excluding hydrogens is 404 g/mol. The third-order valence-electron chi connectivity index (χ3n) is 4.73. The summed E-state index contributed by atoms with van der Waals surface area (Å²) in [4.78, 5) is 2.96. The molecule has 31 heavy (non-hydrogen) atoms. The van der Waals surface area contributed by atoms with Crippen molar-refractivity contribution in [3.8, 4) is 22.3 Å². The fourth-order valence-electron chi connectivity index (χ4n) is 3.41. The normalized spacial score (nSPS) is 10.9. The molecule has 6 heteroatoms. The fourth-order valence-corrected chi connectivity index (χ4v) is 3.41. The van der Waals surface area contributed by atoms with Crippen molar-refractivity contribution in [3.05, 3.63) is 78.0 Å². The number of aromatic nitrogens is 1. The minimum Gasteiger partial charge on any atom is -0.383 e. The molecule has 4 rings (SSSR count). The molecule has 4 aromatic rings. The molecule has 162 valence electrons. The number of halogens is 4. The van der Waals surface area contributed by atoms with Gasteiger partial charge in [0.05, 0.1) is 11.1 Å². The van der Waals surface area contributed by atoms with Gasteiger partial charge in [0, 0.05) is 23.4 Å². The highest BCUT2D eigenvalue weighted by Gasteiger charge is 2.27. The van der Waals surface area contributed by atoms with E-state index in [1.54, 1.807) is 30.5 Å². The Morgan fingerprint density at radius 1 is 0.710 bits per heavy atom. The second-order valence-corrected chi connectivity index (χ2v) is 7.16. The molecule has 0 aliphatic rings. The summed E-state index contributed by atoms with van der Waals surface area (Å²) in [6.45, 7) is 7.89. The van der Waals surface area contributed by atoms with Crippen LogP contribution in [-0.4, -0.2) is 11.0 Å². The van der Waals surface area contributed by atoms with Crippen molar-refractivity contribution < 1.29 is 17.6 Å². The summed E-state index contributed by atoms with van der Waals surface area (Å²) in [5.74, 6) is -5.67. The summed E-state index contributed by atoms with van der Waals surface area (Å²) in [5, 5.41) is 3.82. The molecule has 1 aromatic heterocycles. The lowest BCUT2D eigenvalue weighted by Gasteiger charge is -2.14. The fraction of sp³-hybridized carbons (Fsp3) is 0.200. The maximum Gasteiger partial charge on any atom is 0.170 e. The third kappa shape index (κ3) is 4.29. The number of fused-ring (bicyclic) bond motifs is 1. The van der Waals surface area contributed by atoms with E-state index in [2.05, 4.69) is 10.3 Å². The zero-order chi connectivity index (χ0) is 22.7. The number of nitrogens with one attached hydrogen (secondary N) is 2. The predicted octanol–water partition coefficient (Wildman–Crippen LogP) is 7.90. The van der Waals surface area contributed by atoms with Crippen molar-refractivity contribution in [3.63, 3.8) is 0 Å². The van der Waals surface area contributed by atoms with Gasteiger partial charge < -0.3 is 10.3 Å². The summed E-state index contributed by atoms with van der Waals surface area (Å²) in [7, 11) is 0. The summed E-state index contributed by atoms with van der Waals surface area (Å²) in [6.07, 6.45) is 1.67. The van der Waals surface area contributed by atoms with E-state index in [4.69, 9.17) is 0 Å². The number of anilines is 1. The van der Waals surface area contributed by atoms with Crippen molar-refractivity contribution in [2.24, 2.45) is 0 Å². The molecule has 0 aliphatic carbocycles. The SMILES string of the molecule is CC.CC(C)Nc1ccc(-c2c(F)c(F)c(-c3ccc4[nH]ccc4c3)c(F)c2F)cc1. The Kier molecular flexibility index (Phi) is 6.68. The zero-order valence-electron chi connectivity index (χ0n) is 17.8. The first-order valence-corrected chi connectivity index (χ1v) is 10.2. The van der Waals surface area contributed by atoms with Crippen molar-refractivity contribution >= 4 is 16.6 Å². The average molecular weight is 428 g/mol. The lowest BCUT2D eigenvalue weighted by Crippen LogP contribution is -2.09. The van der Waals surface area contributed by atoms with Crippen LogP contribution in [0.5, 0.6) is 0 Å². The summed E-state index contributed by atoms with van der Waals surface area (Å²) in [5.41, 5.74) is 0.171. The highest BCUT2D eigenvalue weighted by atomic mass is 19.2. The Labute approximate surface area is 178 Å². The van der Waals surface area contributed by atoms with Gasteiger partial charge in [0.2, 0.25) is 0 Å². The number of H-pyrrole nitrogens is 1. The summed E-state index contributed by atoms with van der Waals surface area (Å²) >= 11 is 0. The lowest BCUT2D eigenvalue weighted by molar-refractivity contribution is 0.463. The Morgan fingerprint density at radius 2 is 1.23 bits per heavy atom. The molecule has 3 aromatic carbocycles. The van der Waals surface area contributed by atoms with Crippen LogP contribution in [0.1, 0.15) is 27.7 Å². The van der Waals surface area contributed by atoms with Crippen LogP contribution in [-0.2, 0) is 0 Å². The number of aromatic amines is 1. The van der Waals surface area contributed by atoms with Gasteiger partial charge in [0.15, 0.2) is 23.3 Å². The van der Waals surface area contributed by atoms with E-state index in [0.29, 0.717) is 5.39 Å². The molecule has 1 heterocycles. The van der Waals surface area contributed by atoms with Crippen LogP contribution < -0.4 is 5.32 Å². The van der Waals surface area contributed by atoms with Gasteiger partial charge in [-0.25, -0.2) is 17.6 Å². The lowest BCUT2D eigenvalue weighted by atomic mass is 9.96. The Balaban J connectivity index is 0.00000132. The summed E-state index contributed by atoms with van der Waals surface area (Å²) in [6, 6.07) is 12.5. The molecule has 0 spiro atoms. The maximum absolute atomic E-state index is 14.8. The molecule has 0 atom stereocenters. The molecule has 0 fully saturated rings. The van der Waals surface area contributed by atoms with E-state index >= 15 is 0 Å². The van der Waals surface area contributed by atoms with Gasteiger partial charge in [-0.15, -0.1) is 0 Å². The smallest absolute Gasteiger partial charge is 0.170 e. The van der Waals surface area contributed by atoms with Crippen molar-refractivity contribution in [1.29, 1.82) is 0 Å². The van der Waals surface area contributed by atoms with Crippen LogP contribution in [0.15, 0.2) is 54.7 Å². The second-order valence-electron chi connectivity index (χ2n) is 7.16. The minimum absolute atomic E-state index is 0.0553. The van der Waals surface area contributed by atoms with Crippen LogP contribution in [0.25, 0.3) is 33.2 Å². The van der Waals surface area contributed by atoms with Crippen molar-refractivity contribution in [1.82, 2.24) is 4.98 Å². The van der Waals surface area contributed by atoms with Gasteiger partial charge in [-0.3, -0.25) is 0 Å². The van der Waals surface area contributed by atoms with Gasteiger partial charge in [-0.2, -0.15) is 0 Å². The Morgan fingerprint density at radius 3 is 1.77 bits per heavy atom. The van der Waals surface area contributed by atoms with Crippen LogP contribution in [0.3, 0.4) is 0 Å². The standard InChI is InChI=1S/C23H18F4N2.C2H6/c1-12(2)29-16-6-3-13(4-7-16)18-20(24)22(26)19(23(27)21(18)25)15-5-8-17-14(11-15)9-10-28-17;1-2/h3-12,28-29H,1-2H3;1-2H3. The predicted molar refractivity (Wildman–Crippen MR) is 119 cm³/mol. The van der Waals surface area contributed by atoms with E-state index in [1.807, 2.05) is 27.7 Å². The van der Waals surface area contributed by atoms with Gasteiger partial charge in [0.1, 0.15) is 0 Å². The topological polar surface area (TPSA) is 27.8 Å². The van der Waals surface area contributed by atoms with E-state index in [0.717, 1.165) is 11.2 Å². The van der Waals surface area contributed by atoms with Gasteiger partial charge in [-0.1, -0.05) is 32.0 Å². The van der Waals surface area contributed by atoms with Crippen LogP contribution in [0.2, 0.25) is 0 Å². The first kappa shape index (κ1) is 22.4. The largest absolute Gasteiger partial charge is 0.383 e. The van der Waals surface area contributed by atoms with E-state index < -0.39 is 34.4 Å². The van der Waals surface area contributed by atoms with Crippen molar-refractivity contribution in [2.45, 2.75) is 33.7 Å². The first-order chi connectivity index (χ1) is 14.9. The molecular formula is C25H24F4N2. The van der Waals surface area contributed by atoms with Crippen LogP contribution in [0.4, 0.5) is 23.2 Å². The first-order valence-electron chi connectivity index (χ1n) is 10.2. The van der Waals surface area contributed by atoms with Crippen LogP contribution >= 0.6 is 0 Å². The second kappa shape index (κ2) is 9.25. The number of hydrogen-bond acceptors (Lipinski definition) is 1. The molecule has 2 N–H and O–H groups in total. The number of benzene rings is 3. The van der Waals surface area contributed by atoms with E-state index in [-0.39, 0.29) is 17.2 Å². The number of rotatable bonds is 4. The maximum atomic E-state index is 14.8. The quantitative estimate of drug-likeness (QED) is 0.251. The molecule has 2 nitrogen and oxygen atoms in total. The Bertz CT molecular complexity index is 1170. The monoisotopic (exact) mass is 428 g/mol. The molecule has 0 unspecified atom stereocenters. The Hall–Kier alpha value is -3.28. The minimum atomic E-state index is -1.42. The van der Waals surface area contributed by atoms with Crippen LogP contribution in [0, 0.1) is 23.3 Å². The van der Waals surface area contributed by atoms with Gasteiger partial charge in [0.25, 0.3) is 0 Å². The third-order valence-corrected chi connectivity index (χ3v) is 4.73. The van der Waals surface area contributed by atoms with Gasteiger partial charge in [-0.05, 0) is 60.7 Å². The highest BCUT2D eigenvalue weighted by Crippen LogP contribution is 2.37. The zero-order valence-corrected chi connectivity index (χ0v) is 17.8. The number of hydrogen-bond donors (Lipinski definition) is 2. The molecule has 0 saturated heterocycles.